The fourth-order valence-corrected chi connectivity index (χ4v) is 4.24. The molecule has 0 atom stereocenters. The Balaban J connectivity index is 1.81. The number of ether oxygens (including phenoxy) is 2. The monoisotopic (exact) mass is 403 g/mol. The van der Waals surface area contributed by atoms with Crippen molar-refractivity contribution in [1.82, 2.24) is 14.5 Å². The van der Waals surface area contributed by atoms with Crippen LogP contribution in [0.3, 0.4) is 0 Å². The zero-order chi connectivity index (χ0) is 16.7. The van der Waals surface area contributed by atoms with Gasteiger partial charge in [-0.25, -0.2) is 9.97 Å². The number of para-hydroxylation sites is 1. The first-order valence-electron chi connectivity index (χ1n) is 7.30. The Labute approximate surface area is 151 Å². The molecule has 0 spiro atoms. The maximum atomic E-state index is 5.41. The van der Waals surface area contributed by atoms with Crippen LogP contribution >= 0.6 is 27.3 Å². The van der Waals surface area contributed by atoms with Crippen LogP contribution in [0.5, 0.6) is 11.5 Å². The molecule has 0 radical (unpaired) electrons. The van der Waals surface area contributed by atoms with Crippen LogP contribution in [0.2, 0.25) is 0 Å². The zero-order valence-electron chi connectivity index (χ0n) is 13.1. The van der Waals surface area contributed by atoms with Crippen LogP contribution in [0, 0.1) is 0 Å². The number of rotatable bonds is 4. The van der Waals surface area contributed by atoms with E-state index in [2.05, 4.69) is 48.7 Å². The molecule has 0 N–H and O–H groups in total. The molecule has 0 unspecified atom stereocenters. The fourth-order valence-electron chi connectivity index (χ4n) is 2.80. The Bertz CT molecular complexity index is 1040. The van der Waals surface area contributed by atoms with E-state index in [-0.39, 0.29) is 0 Å². The molecule has 0 bridgehead atoms. The van der Waals surface area contributed by atoms with Crippen molar-refractivity contribution in [3.8, 4) is 11.5 Å². The summed E-state index contributed by atoms with van der Waals surface area (Å²) in [6.45, 7) is 0.694. The van der Waals surface area contributed by atoms with Crippen molar-refractivity contribution in [2.75, 3.05) is 14.2 Å². The van der Waals surface area contributed by atoms with E-state index in [0.717, 1.165) is 26.0 Å². The van der Waals surface area contributed by atoms with Crippen molar-refractivity contribution >= 4 is 48.5 Å². The van der Waals surface area contributed by atoms with Gasteiger partial charge in [-0.15, -0.1) is 11.3 Å². The number of nitrogens with zero attached hydrogens (tertiary/aromatic N) is 3. The number of hydrogen-bond acceptors (Lipinski definition) is 5. The Morgan fingerprint density at radius 1 is 1.17 bits per heavy atom. The lowest BCUT2D eigenvalue weighted by atomic mass is 10.2. The van der Waals surface area contributed by atoms with E-state index >= 15 is 0 Å². The summed E-state index contributed by atoms with van der Waals surface area (Å²) in [5.41, 5.74) is 4.05. The molecular weight excluding hydrogens is 390 g/mol. The molecule has 4 rings (SSSR count). The number of hydrogen-bond donors (Lipinski definition) is 0. The smallest absolute Gasteiger partial charge is 0.163 e. The molecule has 0 amide bonds. The Hall–Kier alpha value is -2.12. The molecule has 0 aliphatic carbocycles. The minimum atomic E-state index is 0.681. The third-order valence-corrected chi connectivity index (χ3v) is 5.42. The van der Waals surface area contributed by atoms with Crippen molar-refractivity contribution in [1.29, 1.82) is 0 Å². The topological polar surface area (TPSA) is 49.2 Å². The van der Waals surface area contributed by atoms with Gasteiger partial charge in [0.15, 0.2) is 15.4 Å². The van der Waals surface area contributed by atoms with Gasteiger partial charge in [0.2, 0.25) is 0 Å². The van der Waals surface area contributed by atoms with Gasteiger partial charge in [-0.05, 0) is 27.6 Å². The number of benzene rings is 2. The highest BCUT2D eigenvalue weighted by atomic mass is 79.9. The van der Waals surface area contributed by atoms with E-state index in [4.69, 9.17) is 9.47 Å². The number of halogens is 1. The molecule has 122 valence electrons. The molecule has 4 aromatic rings. The van der Waals surface area contributed by atoms with Crippen LogP contribution < -0.4 is 9.47 Å². The summed E-state index contributed by atoms with van der Waals surface area (Å²) in [6.07, 6.45) is 1.84. The summed E-state index contributed by atoms with van der Waals surface area (Å²) in [4.78, 5) is 9.08. The molecule has 0 aliphatic heterocycles. The van der Waals surface area contributed by atoms with Gasteiger partial charge in [0.25, 0.3) is 0 Å². The lowest BCUT2D eigenvalue weighted by Gasteiger charge is -2.09. The molecule has 0 aliphatic rings. The number of thiazole rings is 1. The average molecular weight is 404 g/mol. The third-order valence-electron chi connectivity index (χ3n) is 3.94. The number of imidazole rings is 1. The number of methoxy groups -OCH3 is 2. The van der Waals surface area contributed by atoms with Gasteiger partial charge >= 0.3 is 0 Å². The lowest BCUT2D eigenvalue weighted by molar-refractivity contribution is 0.355. The molecule has 0 saturated carbocycles. The van der Waals surface area contributed by atoms with E-state index < -0.39 is 0 Å². The SMILES string of the molecule is COc1cc2ncn(Cc3cccc4sc(Br)nc34)c2cc1OC. The van der Waals surface area contributed by atoms with Crippen LogP contribution in [0.25, 0.3) is 21.3 Å². The van der Waals surface area contributed by atoms with Gasteiger partial charge < -0.3 is 14.0 Å². The zero-order valence-corrected chi connectivity index (χ0v) is 15.5. The standard InChI is InChI=1S/C17H14BrN3O2S/c1-22-13-6-11-12(7-14(13)23-2)21(9-19-11)8-10-4-3-5-15-16(10)20-17(18)24-15/h3-7,9H,8H2,1-2H3. The molecule has 0 fully saturated rings. The molecule has 7 heteroatoms. The Morgan fingerprint density at radius 3 is 2.75 bits per heavy atom. The second kappa shape index (κ2) is 6.07. The van der Waals surface area contributed by atoms with Crippen molar-refractivity contribution < 1.29 is 9.47 Å². The van der Waals surface area contributed by atoms with Crippen LogP contribution in [-0.2, 0) is 6.54 Å². The first-order valence-corrected chi connectivity index (χ1v) is 8.91. The van der Waals surface area contributed by atoms with E-state index in [1.807, 2.05) is 18.5 Å². The quantitative estimate of drug-likeness (QED) is 0.504. The van der Waals surface area contributed by atoms with Crippen molar-refractivity contribution in [2.24, 2.45) is 0 Å². The van der Waals surface area contributed by atoms with Crippen LogP contribution in [0.15, 0.2) is 40.6 Å². The lowest BCUT2D eigenvalue weighted by Crippen LogP contribution is -1.99. The van der Waals surface area contributed by atoms with E-state index in [0.29, 0.717) is 18.0 Å². The minimum Gasteiger partial charge on any atom is -0.493 e. The summed E-state index contributed by atoms with van der Waals surface area (Å²) in [7, 11) is 3.26. The second-order valence-electron chi connectivity index (χ2n) is 5.30. The van der Waals surface area contributed by atoms with Gasteiger partial charge in [-0.3, -0.25) is 0 Å². The van der Waals surface area contributed by atoms with Gasteiger partial charge in [0, 0.05) is 12.1 Å². The predicted molar refractivity (Wildman–Crippen MR) is 99.3 cm³/mol. The van der Waals surface area contributed by atoms with Crippen molar-refractivity contribution in [2.45, 2.75) is 6.54 Å². The van der Waals surface area contributed by atoms with Crippen LogP contribution in [0.1, 0.15) is 5.56 Å². The molecule has 5 nitrogen and oxygen atoms in total. The van der Waals surface area contributed by atoms with E-state index in [1.54, 1.807) is 25.6 Å². The fraction of sp³-hybridized carbons (Fsp3) is 0.176. The normalized spacial score (nSPS) is 11.3. The summed E-state index contributed by atoms with van der Waals surface area (Å²) < 4.78 is 14.9. The summed E-state index contributed by atoms with van der Waals surface area (Å²) in [6, 6.07) is 10.1. The largest absolute Gasteiger partial charge is 0.493 e. The summed E-state index contributed by atoms with van der Waals surface area (Å²) in [5.74, 6) is 1.38. The van der Waals surface area contributed by atoms with Gasteiger partial charge in [-0.1, -0.05) is 12.1 Å². The molecule has 2 aromatic carbocycles. The molecule has 0 saturated heterocycles. The van der Waals surface area contributed by atoms with Gasteiger partial charge in [0.1, 0.15) is 0 Å². The van der Waals surface area contributed by atoms with Crippen molar-refractivity contribution in [3.05, 3.63) is 46.1 Å². The number of aromatic nitrogens is 3. The molecule has 2 heterocycles. The Kier molecular flexibility index (Phi) is 3.90. The average Bonchev–Trinajstić information content (AvgIpc) is 3.16. The maximum Gasteiger partial charge on any atom is 0.163 e. The van der Waals surface area contributed by atoms with Crippen LogP contribution in [0.4, 0.5) is 0 Å². The second-order valence-corrected chi connectivity index (χ2v) is 7.61. The van der Waals surface area contributed by atoms with Crippen LogP contribution in [-0.4, -0.2) is 28.8 Å². The summed E-state index contributed by atoms with van der Waals surface area (Å²) >= 11 is 5.11. The number of fused-ring (bicyclic) bond motifs is 2. The van der Waals surface area contributed by atoms with Gasteiger partial charge in [0.05, 0.1) is 48.3 Å². The first kappa shape index (κ1) is 15.4. The predicted octanol–water partition coefficient (Wildman–Crippen LogP) is 4.47. The van der Waals surface area contributed by atoms with Gasteiger partial charge in [-0.2, -0.15) is 0 Å². The van der Waals surface area contributed by atoms with E-state index in [1.165, 1.54) is 4.70 Å². The third kappa shape index (κ3) is 2.53. The molecular formula is C17H14BrN3O2S. The maximum absolute atomic E-state index is 5.41. The highest BCUT2D eigenvalue weighted by Gasteiger charge is 2.12. The highest BCUT2D eigenvalue weighted by Crippen LogP contribution is 2.33. The molecule has 2 aromatic heterocycles. The highest BCUT2D eigenvalue weighted by molar-refractivity contribution is 9.11. The van der Waals surface area contributed by atoms with E-state index in [9.17, 15) is 0 Å². The molecule has 24 heavy (non-hydrogen) atoms. The first-order chi connectivity index (χ1) is 11.7. The summed E-state index contributed by atoms with van der Waals surface area (Å²) in [5, 5.41) is 0. The Morgan fingerprint density at radius 2 is 1.96 bits per heavy atom. The minimum absolute atomic E-state index is 0.681. The van der Waals surface area contributed by atoms with Crippen molar-refractivity contribution in [3.63, 3.8) is 0 Å².